The summed E-state index contributed by atoms with van der Waals surface area (Å²) in [4.78, 5) is 12.0. The Morgan fingerprint density at radius 3 is 2.17 bits per heavy atom. The fraction of sp³-hybridized carbons (Fsp3) is 0.435. The van der Waals surface area contributed by atoms with Crippen molar-refractivity contribution in [2.24, 2.45) is 0 Å². The first-order valence-corrected chi connectivity index (χ1v) is 11.8. The van der Waals surface area contributed by atoms with Gasteiger partial charge in [-0.3, -0.25) is 0 Å². The Labute approximate surface area is 179 Å². The minimum Gasteiger partial charge on any atom is -0.476 e. The lowest BCUT2D eigenvalue weighted by Gasteiger charge is -2.24. The number of unbranched alkanes of at least 4 members (excludes halogenated alkanes) is 1. The summed E-state index contributed by atoms with van der Waals surface area (Å²) in [6.45, 7) is 5.49. The molecule has 0 aliphatic heterocycles. The maximum Gasteiger partial charge on any atom is 0.349 e. The van der Waals surface area contributed by atoms with Crippen molar-refractivity contribution in [3.63, 3.8) is 0 Å². The average molecular weight is 435 g/mol. The van der Waals surface area contributed by atoms with E-state index in [2.05, 4.69) is 0 Å². The van der Waals surface area contributed by atoms with E-state index in [9.17, 15) is 13.2 Å². The summed E-state index contributed by atoms with van der Waals surface area (Å²) < 4.78 is 38.0. The van der Waals surface area contributed by atoms with E-state index in [0.29, 0.717) is 18.1 Å². The molecule has 2 aromatic carbocycles. The highest BCUT2D eigenvalue weighted by atomic mass is 32.2. The summed E-state index contributed by atoms with van der Waals surface area (Å²) in [5.74, 6) is 0.583. The summed E-state index contributed by atoms with van der Waals surface area (Å²) in [5.41, 5.74) is 1.23. The van der Waals surface area contributed by atoms with Crippen LogP contribution in [0.5, 0.6) is 11.5 Å². The highest BCUT2D eigenvalue weighted by molar-refractivity contribution is 7.86. The lowest BCUT2D eigenvalue weighted by atomic mass is 10.0. The Morgan fingerprint density at radius 2 is 1.57 bits per heavy atom. The summed E-state index contributed by atoms with van der Waals surface area (Å²) in [6, 6.07) is 14.9. The topological polar surface area (TPSA) is 78.9 Å². The van der Waals surface area contributed by atoms with Gasteiger partial charge in [-0.15, -0.1) is 0 Å². The lowest BCUT2D eigenvalue weighted by molar-refractivity contribution is -0.158. The second-order valence-corrected chi connectivity index (χ2v) is 9.19. The zero-order valence-corrected chi connectivity index (χ0v) is 18.8. The van der Waals surface area contributed by atoms with Crippen LogP contribution in [-0.2, 0) is 32.5 Å². The molecule has 0 saturated carbocycles. The number of hydrogen-bond donors (Lipinski definition) is 0. The fourth-order valence-corrected chi connectivity index (χ4v) is 3.41. The molecule has 0 fully saturated rings. The number of aryl methyl sites for hydroxylation is 2. The van der Waals surface area contributed by atoms with Crippen LogP contribution in [0.4, 0.5) is 0 Å². The van der Waals surface area contributed by atoms with Crippen LogP contribution in [0, 0.1) is 0 Å². The van der Waals surface area contributed by atoms with Gasteiger partial charge in [0.2, 0.25) is 0 Å². The smallest absolute Gasteiger partial charge is 0.349 e. The van der Waals surface area contributed by atoms with Crippen LogP contribution in [0.25, 0.3) is 0 Å². The number of carbonyl (C=O) groups excluding carboxylic acids is 1. The number of carbonyl (C=O) groups is 1. The highest BCUT2D eigenvalue weighted by Crippen LogP contribution is 2.22. The first-order valence-electron chi connectivity index (χ1n) is 10.0. The van der Waals surface area contributed by atoms with Crippen LogP contribution < -0.4 is 8.92 Å². The van der Waals surface area contributed by atoms with Gasteiger partial charge in [0, 0.05) is 0 Å². The molecule has 0 N–H and O–H groups in total. The van der Waals surface area contributed by atoms with Crippen molar-refractivity contribution in [1.82, 2.24) is 0 Å². The quantitative estimate of drug-likeness (QED) is 0.298. The molecule has 0 aromatic heterocycles. The van der Waals surface area contributed by atoms with Crippen LogP contribution in [0.1, 0.15) is 44.7 Å². The van der Waals surface area contributed by atoms with Crippen molar-refractivity contribution >= 4 is 16.1 Å². The Kier molecular flexibility index (Phi) is 8.29. The van der Waals surface area contributed by atoms with Gasteiger partial charge in [-0.25, -0.2) is 4.79 Å². The van der Waals surface area contributed by atoms with Crippen molar-refractivity contribution in [2.75, 3.05) is 12.9 Å². The van der Waals surface area contributed by atoms with Crippen LogP contribution >= 0.6 is 0 Å². The largest absolute Gasteiger partial charge is 0.476 e. The van der Waals surface area contributed by atoms with Gasteiger partial charge in [0.15, 0.2) is 5.60 Å². The lowest BCUT2D eigenvalue weighted by Crippen LogP contribution is -2.39. The predicted molar refractivity (Wildman–Crippen MR) is 116 cm³/mol. The van der Waals surface area contributed by atoms with Crippen molar-refractivity contribution in [1.29, 1.82) is 0 Å². The second-order valence-electron chi connectivity index (χ2n) is 7.62. The molecule has 0 aliphatic rings. The molecule has 0 unspecified atom stereocenters. The first-order chi connectivity index (χ1) is 14.1. The summed E-state index contributed by atoms with van der Waals surface area (Å²) in [5, 5.41) is 0. The molecule has 7 heteroatoms. The van der Waals surface area contributed by atoms with Crippen molar-refractivity contribution in [2.45, 2.75) is 52.1 Å². The molecule has 6 nitrogen and oxygen atoms in total. The van der Waals surface area contributed by atoms with Crippen LogP contribution in [0.2, 0.25) is 0 Å². The molecule has 2 aromatic rings. The predicted octanol–water partition coefficient (Wildman–Crippen LogP) is 4.31. The van der Waals surface area contributed by atoms with Gasteiger partial charge in [-0.2, -0.15) is 8.42 Å². The van der Waals surface area contributed by atoms with E-state index in [1.165, 1.54) is 0 Å². The van der Waals surface area contributed by atoms with Gasteiger partial charge in [0.1, 0.15) is 11.5 Å². The van der Waals surface area contributed by atoms with Gasteiger partial charge < -0.3 is 13.7 Å². The highest BCUT2D eigenvalue weighted by Gasteiger charge is 2.31. The van der Waals surface area contributed by atoms with E-state index in [1.807, 2.05) is 36.4 Å². The zero-order chi connectivity index (χ0) is 22.2. The zero-order valence-electron chi connectivity index (χ0n) is 18.0. The average Bonchev–Trinajstić information content (AvgIpc) is 2.65. The molecule has 0 spiro atoms. The van der Waals surface area contributed by atoms with Gasteiger partial charge >= 0.3 is 16.1 Å². The Morgan fingerprint density at radius 1 is 0.933 bits per heavy atom. The van der Waals surface area contributed by atoms with E-state index in [4.69, 9.17) is 13.7 Å². The molecule has 30 heavy (non-hydrogen) atoms. The van der Waals surface area contributed by atoms with E-state index < -0.39 is 15.7 Å². The minimum absolute atomic E-state index is 0.319. The third kappa shape index (κ3) is 8.06. The normalized spacial score (nSPS) is 11.7. The Hall–Kier alpha value is -2.54. The number of benzene rings is 2. The van der Waals surface area contributed by atoms with E-state index in [-0.39, 0.29) is 5.97 Å². The number of ether oxygens (including phenoxy) is 2. The van der Waals surface area contributed by atoms with Crippen molar-refractivity contribution in [3.8, 4) is 11.5 Å². The van der Waals surface area contributed by atoms with Crippen LogP contribution in [-0.4, -0.2) is 32.9 Å². The van der Waals surface area contributed by atoms with Gasteiger partial charge in [0.25, 0.3) is 0 Å². The van der Waals surface area contributed by atoms with E-state index in [0.717, 1.165) is 43.1 Å². The molecule has 2 rings (SSSR count). The molecule has 0 heterocycles. The maximum atomic E-state index is 12.0. The Bertz CT molecular complexity index is 932. The summed E-state index contributed by atoms with van der Waals surface area (Å²) >= 11 is 0. The van der Waals surface area contributed by atoms with Crippen LogP contribution in [0.15, 0.2) is 48.5 Å². The molecule has 0 amide bonds. The fourth-order valence-electron chi connectivity index (χ4n) is 2.95. The third-order valence-corrected chi connectivity index (χ3v) is 4.89. The van der Waals surface area contributed by atoms with Gasteiger partial charge in [-0.05, 0) is 81.8 Å². The third-order valence-electron chi connectivity index (χ3n) is 4.39. The molecular weight excluding hydrogens is 404 g/mol. The number of rotatable bonds is 11. The Balaban J connectivity index is 1.83. The first kappa shape index (κ1) is 23.7. The monoisotopic (exact) mass is 434 g/mol. The summed E-state index contributed by atoms with van der Waals surface area (Å²) in [7, 11) is -3.50. The number of esters is 1. The van der Waals surface area contributed by atoms with Gasteiger partial charge in [-0.1, -0.05) is 24.3 Å². The molecule has 0 saturated heterocycles. The van der Waals surface area contributed by atoms with Crippen molar-refractivity contribution in [3.05, 3.63) is 59.7 Å². The maximum absolute atomic E-state index is 12.0. The SMILES string of the molecule is CCOC(=O)C(C)(C)Oc1cccc(CCCCc2ccc(OS(C)(=O)=O)cc2)c1. The molecule has 0 atom stereocenters. The molecule has 0 radical (unpaired) electrons. The molecule has 0 aliphatic carbocycles. The molecule has 164 valence electrons. The van der Waals surface area contributed by atoms with Crippen molar-refractivity contribution < 1.29 is 26.9 Å². The van der Waals surface area contributed by atoms with Crippen LogP contribution in [0.3, 0.4) is 0 Å². The van der Waals surface area contributed by atoms with E-state index in [1.54, 1.807) is 32.9 Å². The molecule has 0 bridgehead atoms. The second kappa shape index (κ2) is 10.5. The minimum atomic E-state index is -3.50. The molecular formula is C23H30O6S. The summed E-state index contributed by atoms with van der Waals surface area (Å²) in [6.07, 6.45) is 4.80. The number of hydrogen-bond acceptors (Lipinski definition) is 6. The van der Waals surface area contributed by atoms with E-state index >= 15 is 0 Å². The standard InChI is InChI=1S/C23H30O6S/c1-5-27-22(24)23(2,3)28-21-12-8-11-19(17-21)10-7-6-9-18-13-15-20(16-14-18)29-30(4,25)26/h8,11-17H,5-7,9-10H2,1-4H3. The van der Waals surface area contributed by atoms with Gasteiger partial charge in [0.05, 0.1) is 12.9 Å².